The van der Waals surface area contributed by atoms with E-state index in [2.05, 4.69) is 25.9 Å². The number of carbonyl (C=O) groups excluding carboxylic acids is 3. The Labute approximate surface area is 251 Å². The third-order valence-electron chi connectivity index (χ3n) is 6.58. The number of nitrogens with zero attached hydrogens (tertiary/aromatic N) is 1. The number of aromatic nitrogens is 1. The van der Waals surface area contributed by atoms with Crippen LogP contribution in [0.4, 0.5) is 0 Å². The first-order chi connectivity index (χ1) is 20.8. The van der Waals surface area contributed by atoms with E-state index in [1.807, 2.05) is 0 Å². The van der Waals surface area contributed by atoms with E-state index in [-0.39, 0.29) is 44.6 Å². The average Bonchev–Trinajstić information content (AvgIpc) is 3.37. The number of aromatic amines is 1. The van der Waals surface area contributed by atoms with Crippen molar-refractivity contribution in [1.82, 2.24) is 20.9 Å². The molecular formula is C27H38N8O9. The van der Waals surface area contributed by atoms with Crippen LogP contribution in [0.2, 0.25) is 0 Å². The number of nitrogens with two attached hydrogens (primary N) is 3. The van der Waals surface area contributed by atoms with Crippen molar-refractivity contribution in [3.05, 3.63) is 36.0 Å². The zero-order valence-electron chi connectivity index (χ0n) is 23.8. The number of para-hydroxylation sites is 1. The molecule has 0 aliphatic heterocycles. The Morgan fingerprint density at radius 1 is 0.795 bits per heavy atom. The summed E-state index contributed by atoms with van der Waals surface area (Å²) in [6, 6.07) is 1.69. The largest absolute Gasteiger partial charge is 0.481 e. The van der Waals surface area contributed by atoms with Crippen LogP contribution in [-0.2, 0) is 35.2 Å². The molecule has 0 radical (unpaired) electrons. The molecule has 13 N–H and O–H groups in total. The van der Waals surface area contributed by atoms with E-state index in [1.165, 1.54) is 0 Å². The van der Waals surface area contributed by atoms with Crippen molar-refractivity contribution in [2.24, 2.45) is 22.2 Å². The molecule has 2 rings (SSSR count). The highest BCUT2D eigenvalue weighted by Crippen LogP contribution is 2.19. The maximum absolute atomic E-state index is 13.4. The Morgan fingerprint density at radius 2 is 1.39 bits per heavy atom. The number of carboxylic acid groups (broad SMARTS) is 3. The second-order valence-corrected chi connectivity index (χ2v) is 10.0. The summed E-state index contributed by atoms with van der Waals surface area (Å²) in [5, 5.41) is 35.7. The van der Waals surface area contributed by atoms with E-state index in [0.29, 0.717) is 5.56 Å². The van der Waals surface area contributed by atoms with Crippen molar-refractivity contribution in [2.75, 3.05) is 6.54 Å². The number of fused-ring (bicyclic) bond motifs is 1. The second kappa shape index (κ2) is 17.1. The number of guanidine groups is 1. The molecule has 3 amide bonds. The predicted octanol–water partition coefficient (Wildman–Crippen LogP) is -1.64. The van der Waals surface area contributed by atoms with E-state index in [0.717, 1.165) is 10.9 Å². The first-order valence-corrected chi connectivity index (χ1v) is 13.7. The molecular weight excluding hydrogens is 580 g/mol. The summed E-state index contributed by atoms with van der Waals surface area (Å²) in [5.41, 5.74) is 17.7. The number of carbonyl (C=O) groups is 6. The van der Waals surface area contributed by atoms with Gasteiger partial charge in [0.1, 0.15) is 18.1 Å². The average molecular weight is 619 g/mol. The normalized spacial score (nSPS) is 13.6. The number of hydrogen-bond acceptors (Lipinski definition) is 8. The molecule has 17 heteroatoms. The number of amides is 3. The number of nitrogens with one attached hydrogen (secondary N) is 4. The van der Waals surface area contributed by atoms with E-state index >= 15 is 0 Å². The molecule has 0 aliphatic rings. The molecule has 0 spiro atoms. The van der Waals surface area contributed by atoms with Crippen LogP contribution in [0.15, 0.2) is 35.5 Å². The molecule has 17 nitrogen and oxygen atoms in total. The first-order valence-electron chi connectivity index (χ1n) is 13.7. The fourth-order valence-electron chi connectivity index (χ4n) is 4.26. The Bertz CT molecular complexity index is 1370. The minimum Gasteiger partial charge on any atom is -0.481 e. The van der Waals surface area contributed by atoms with Gasteiger partial charge in [-0.3, -0.25) is 29.0 Å². The van der Waals surface area contributed by atoms with Gasteiger partial charge in [-0.25, -0.2) is 4.79 Å². The zero-order valence-corrected chi connectivity index (χ0v) is 23.8. The lowest BCUT2D eigenvalue weighted by Gasteiger charge is -2.25. The summed E-state index contributed by atoms with van der Waals surface area (Å²) in [7, 11) is 0. The lowest BCUT2D eigenvalue weighted by molar-refractivity contribution is -0.142. The molecule has 1 aromatic carbocycles. The standard InChI is InChI=1S/C27H38N8O9/c28-16(7-9-21(36)37)23(40)33-18(8-10-22(38)39)24(41)35-20(12-14-13-32-17-5-2-1-4-15(14)17)25(42)34-19(26(43)44)6-3-11-31-27(29)30/h1-2,4-5,13,16,18-20,32H,3,6-12,28H2,(H,33,40)(H,34,42)(H,35,41)(H,36,37)(H,38,39)(H,43,44)(H4,29,30,31). The molecule has 0 fully saturated rings. The van der Waals surface area contributed by atoms with Crippen molar-refractivity contribution in [3.63, 3.8) is 0 Å². The minimum atomic E-state index is -1.46. The van der Waals surface area contributed by atoms with Gasteiger partial charge in [0.15, 0.2) is 5.96 Å². The number of hydrogen-bond donors (Lipinski definition) is 10. The van der Waals surface area contributed by atoms with Gasteiger partial charge in [0.2, 0.25) is 17.7 Å². The second-order valence-electron chi connectivity index (χ2n) is 10.0. The summed E-state index contributed by atoms with van der Waals surface area (Å²) in [4.78, 5) is 80.2. The third-order valence-corrected chi connectivity index (χ3v) is 6.58. The summed E-state index contributed by atoms with van der Waals surface area (Å²) >= 11 is 0. The minimum absolute atomic E-state index is 0.0306. The van der Waals surface area contributed by atoms with Crippen LogP contribution < -0.4 is 33.2 Å². The van der Waals surface area contributed by atoms with Crippen molar-refractivity contribution in [2.45, 2.75) is 69.1 Å². The van der Waals surface area contributed by atoms with Crippen LogP contribution in [0.25, 0.3) is 10.9 Å². The third kappa shape index (κ3) is 11.6. The quantitative estimate of drug-likeness (QED) is 0.0481. The summed E-state index contributed by atoms with van der Waals surface area (Å²) in [6.45, 7) is 0.122. The van der Waals surface area contributed by atoms with Gasteiger partial charge in [0.05, 0.1) is 6.04 Å². The summed E-state index contributed by atoms with van der Waals surface area (Å²) < 4.78 is 0. The SMILES string of the molecule is NC(N)=NCCCC(NC(=O)C(Cc1c[nH]c2ccccc12)NC(=O)C(CCC(=O)O)NC(=O)C(N)CCC(=O)O)C(=O)O. The maximum atomic E-state index is 13.4. The fourth-order valence-corrected chi connectivity index (χ4v) is 4.26. The highest BCUT2D eigenvalue weighted by Gasteiger charge is 2.31. The number of rotatable bonds is 19. The monoisotopic (exact) mass is 618 g/mol. The van der Waals surface area contributed by atoms with Crippen LogP contribution in [0.5, 0.6) is 0 Å². The smallest absolute Gasteiger partial charge is 0.326 e. The van der Waals surface area contributed by atoms with Gasteiger partial charge >= 0.3 is 17.9 Å². The molecule has 0 saturated heterocycles. The summed E-state index contributed by atoms with van der Waals surface area (Å²) in [6.07, 6.45) is 0.175. The molecule has 0 saturated carbocycles. The van der Waals surface area contributed by atoms with E-state index in [1.54, 1.807) is 30.5 Å². The number of aliphatic carboxylic acids is 3. The van der Waals surface area contributed by atoms with Gasteiger partial charge in [0.25, 0.3) is 0 Å². The number of benzene rings is 1. The van der Waals surface area contributed by atoms with Crippen molar-refractivity contribution in [3.8, 4) is 0 Å². The van der Waals surface area contributed by atoms with Crippen molar-refractivity contribution < 1.29 is 44.1 Å². The van der Waals surface area contributed by atoms with Crippen molar-refractivity contribution >= 4 is 52.5 Å². The molecule has 0 aliphatic carbocycles. The highest BCUT2D eigenvalue weighted by atomic mass is 16.4. The van der Waals surface area contributed by atoms with Crippen LogP contribution >= 0.6 is 0 Å². The molecule has 44 heavy (non-hydrogen) atoms. The fraction of sp³-hybridized carbons (Fsp3) is 0.444. The lowest BCUT2D eigenvalue weighted by Crippen LogP contribution is -2.57. The molecule has 2 aromatic rings. The summed E-state index contributed by atoms with van der Waals surface area (Å²) in [5.74, 6) is -6.61. The van der Waals surface area contributed by atoms with Gasteiger partial charge in [-0.15, -0.1) is 0 Å². The molecule has 4 unspecified atom stereocenters. The van der Waals surface area contributed by atoms with Crippen LogP contribution in [0, 0.1) is 0 Å². The lowest BCUT2D eigenvalue weighted by atomic mass is 10.0. The number of carboxylic acids is 3. The van der Waals surface area contributed by atoms with Gasteiger partial charge in [-0.2, -0.15) is 0 Å². The van der Waals surface area contributed by atoms with Crippen LogP contribution in [-0.4, -0.2) is 92.6 Å². The van der Waals surface area contributed by atoms with Gasteiger partial charge in [-0.05, 0) is 37.3 Å². The Hall–Kier alpha value is -5.19. The van der Waals surface area contributed by atoms with Gasteiger partial charge in [0, 0.05) is 42.9 Å². The zero-order chi connectivity index (χ0) is 32.8. The van der Waals surface area contributed by atoms with Crippen LogP contribution in [0.1, 0.15) is 44.1 Å². The Balaban J connectivity index is 2.30. The molecule has 4 atom stereocenters. The Kier molecular flexibility index (Phi) is 13.6. The topological polar surface area (TPSA) is 305 Å². The number of H-pyrrole nitrogens is 1. The highest BCUT2D eigenvalue weighted by molar-refractivity contribution is 5.95. The first kappa shape index (κ1) is 35.0. The van der Waals surface area contributed by atoms with Gasteiger partial charge in [-0.1, -0.05) is 18.2 Å². The van der Waals surface area contributed by atoms with Crippen molar-refractivity contribution in [1.29, 1.82) is 0 Å². The van der Waals surface area contributed by atoms with E-state index < -0.39 is 72.6 Å². The Morgan fingerprint density at radius 3 is 2.02 bits per heavy atom. The van der Waals surface area contributed by atoms with E-state index in [4.69, 9.17) is 27.4 Å². The molecule has 1 heterocycles. The van der Waals surface area contributed by atoms with Gasteiger partial charge < -0.3 is 53.5 Å². The molecule has 240 valence electrons. The molecule has 1 aromatic heterocycles. The van der Waals surface area contributed by atoms with Crippen LogP contribution in [0.3, 0.4) is 0 Å². The predicted molar refractivity (Wildman–Crippen MR) is 157 cm³/mol. The number of aliphatic imine (C=N–C) groups is 1. The van der Waals surface area contributed by atoms with E-state index in [9.17, 15) is 33.9 Å². The maximum Gasteiger partial charge on any atom is 0.326 e. The molecule has 0 bridgehead atoms.